The third-order valence-electron chi connectivity index (χ3n) is 5.27. The number of sulfonamides is 1. The van der Waals surface area contributed by atoms with Crippen molar-refractivity contribution in [2.45, 2.75) is 31.7 Å². The van der Waals surface area contributed by atoms with E-state index in [4.69, 9.17) is 0 Å². The molecular weight excluding hydrogens is 402 g/mol. The van der Waals surface area contributed by atoms with Crippen LogP contribution in [0.1, 0.15) is 34.8 Å². The lowest BCUT2D eigenvalue weighted by Gasteiger charge is -2.19. The SMILES string of the molecule is CC(=O)NCC1CCN(C(=O)c2cc(S(=O)(=O)NCc3ccccc3)ccc2C)C1. The van der Waals surface area contributed by atoms with E-state index in [9.17, 15) is 18.0 Å². The molecular formula is C22H27N3O4S. The Labute approximate surface area is 177 Å². The molecule has 0 spiro atoms. The lowest BCUT2D eigenvalue weighted by atomic mass is 10.1. The van der Waals surface area contributed by atoms with Crippen molar-refractivity contribution >= 4 is 21.8 Å². The summed E-state index contributed by atoms with van der Waals surface area (Å²) in [5.41, 5.74) is 1.97. The molecule has 1 aliphatic heterocycles. The number of nitrogens with zero attached hydrogens (tertiary/aromatic N) is 1. The van der Waals surface area contributed by atoms with Gasteiger partial charge in [0.25, 0.3) is 5.91 Å². The number of benzene rings is 2. The van der Waals surface area contributed by atoms with Crippen molar-refractivity contribution in [3.8, 4) is 0 Å². The van der Waals surface area contributed by atoms with Gasteiger partial charge in [-0.05, 0) is 42.5 Å². The molecule has 1 unspecified atom stereocenters. The van der Waals surface area contributed by atoms with Gasteiger partial charge in [0, 0.05) is 38.7 Å². The van der Waals surface area contributed by atoms with Crippen molar-refractivity contribution in [3.05, 3.63) is 65.2 Å². The monoisotopic (exact) mass is 429 g/mol. The maximum absolute atomic E-state index is 13.0. The molecule has 7 nitrogen and oxygen atoms in total. The third-order valence-corrected chi connectivity index (χ3v) is 6.67. The predicted molar refractivity (Wildman–Crippen MR) is 114 cm³/mol. The Bertz CT molecular complexity index is 1020. The molecule has 1 atom stereocenters. The van der Waals surface area contributed by atoms with Gasteiger partial charge in [-0.2, -0.15) is 0 Å². The van der Waals surface area contributed by atoms with E-state index in [2.05, 4.69) is 10.0 Å². The minimum absolute atomic E-state index is 0.0707. The first kappa shape index (κ1) is 22.0. The zero-order chi connectivity index (χ0) is 21.7. The second-order valence-corrected chi connectivity index (χ2v) is 9.40. The van der Waals surface area contributed by atoms with Crippen LogP contribution < -0.4 is 10.0 Å². The van der Waals surface area contributed by atoms with Crippen molar-refractivity contribution in [2.75, 3.05) is 19.6 Å². The summed E-state index contributed by atoms with van der Waals surface area (Å²) in [6.45, 7) is 5.12. The van der Waals surface area contributed by atoms with Crippen LogP contribution in [0, 0.1) is 12.8 Å². The molecule has 0 saturated carbocycles. The minimum atomic E-state index is -3.75. The van der Waals surface area contributed by atoms with Crippen LogP contribution in [-0.2, 0) is 21.4 Å². The molecule has 1 fully saturated rings. The summed E-state index contributed by atoms with van der Waals surface area (Å²) < 4.78 is 28.1. The van der Waals surface area contributed by atoms with Gasteiger partial charge in [-0.15, -0.1) is 0 Å². The summed E-state index contributed by atoms with van der Waals surface area (Å²) in [4.78, 5) is 25.9. The van der Waals surface area contributed by atoms with Gasteiger partial charge in [0.15, 0.2) is 0 Å². The Morgan fingerprint density at radius 3 is 2.57 bits per heavy atom. The average Bonchev–Trinajstić information content (AvgIpc) is 3.20. The van der Waals surface area contributed by atoms with E-state index in [0.717, 1.165) is 17.5 Å². The van der Waals surface area contributed by atoms with Gasteiger partial charge < -0.3 is 10.2 Å². The molecule has 160 valence electrons. The van der Waals surface area contributed by atoms with Crippen molar-refractivity contribution in [1.82, 2.24) is 14.9 Å². The van der Waals surface area contributed by atoms with Crippen molar-refractivity contribution in [1.29, 1.82) is 0 Å². The fraction of sp³-hybridized carbons (Fsp3) is 0.364. The number of rotatable bonds is 7. The fourth-order valence-corrected chi connectivity index (χ4v) is 4.54. The highest BCUT2D eigenvalue weighted by atomic mass is 32.2. The number of carbonyl (C=O) groups is 2. The van der Waals surface area contributed by atoms with Crippen molar-refractivity contribution in [3.63, 3.8) is 0 Å². The van der Waals surface area contributed by atoms with Gasteiger partial charge in [0.2, 0.25) is 15.9 Å². The molecule has 1 heterocycles. The Hall–Kier alpha value is -2.71. The first-order valence-corrected chi connectivity index (χ1v) is 11.4. The van der Waals surface area contributed by atoms with E-state index in [1.54, 1.807) is 17.9 Å². The Balaban J connectivity index is 1.71. The Kier molecular flexibility index (Phi) is 6.89. The van der Waals surface area contributed by atoms with Gasteiger partial charge >= 0.3 is 0 Å². The summed E-state index contributed by atoms with van der Waals surface area (Å²) in [6, 6.07) is 13.9. The number of hydrogen-bond acceptors (Lipinski definition) is 4. The maximum atomic E-state index is 13.0. The van der Waals surface area contributed by atoms with Gasteiger partial charge in [0.05, 0.1) is 4.90 Å². The molecule has 3 rings (SSSR count). The minimum Gasteiger partial charge on any atom is -0.356 e. The molecule has 2 aromatic carbocycles. The molecule has 8 heteroatoms. The van der Waals surface area contributed by atoms with Gasteiger partial charge in [-0.1, -0.05) is 36.4 Å². The van der Waals surface area contributed by atoms with Crippen molar-refractivity contribution < 1.29 is 18.0 Å². The highest BCUT2D eigenvalue weighted by Crippen LogP contribution is 2.22. The number of likely N-dealkylation sites (tertiary alicyclic amines) is 1. The normalized spacial score (nSPS) is 16.5. The third kappa shape index (κ3) is 5.46. The van der Waals surface area contributed by atoms with Crippen molar-refractivity contribution in [2.24, 2.45) is 5.92 Å². The molecule has 0 aromatic heterocycles. The summed E-state index contributed by atoms with van der Waals surface area (Å²) in [5, 5.41) is 2.79. The first-order valence-electron chi connectivity index (χ1n) is 9.94. The van der Waals surface area contributed by atoms with Crippen LogP contribution in [0.5, 0.6) is 0 Å². The molecule has 1 saturated heterocycles. The number of carbonyl (C=O) groups excluding carboxylic acids is 2. The largest absolute Gasteiger partial charge is 0.356 e. The molecule has 2 aromatic rings. The zero-order valence-electron chi connectivity index (χ0n) is 17.2. The first-order chi connectivity index (χ1) is 14.3. The molecule has 2 amide bonds. The quantitative estimate of drug-likeness (QED) is 0.704. The second kappa shape index (κ2) is 9.40. The van der Waals surface area contributed by atoms with Gasteiger partial charge in [0.1, 0.15) is 0 Å². The van der Waals surface area contributed by atoms with Crippen LogP contribution in [-0.4, -0.2) is 44.8 Å². The van der Waals surface area contributed by atoms with Crippen LogP contribution in [0.2, 0.25) is 0 Å². The molecule has 0 radical (unpaired) electrons. The number of aryl methyl sites for hydroxylation is 1. The molecule has 0 aliphatic carbocycles. The lowest BCUT2D eigenvalue weighted by Crippen LogP contribution is -2.32. The zero-order valence-corrected chi connectivity index (χ0v) is 18.0. The van der Waals surface area contributed by atoms with Gasteiger partial charge in [-0.3, -0.25) is 9.59 Å². The fourth-order valence-electron chi connectivity index (χ4n) is 3.50. The molecule has 0 bridgehead atoms. The van der Waals surface area contributed by atoms with Crippen LogP contribution in [0.15, 0.2) is 53.4 Å². The second-order valence-electron chi connectivity index (χ2n) is 7.63. The smallest absolute Gasteiger partial charge is 0.254 e. The van der Waals surface area contributed by atoms with Crippen LogP contribution in [0.25, 0.3) is 0 Å². The molecule has 2 N–H and O–H groups in total. The Morgan fingerprint density at radius 2 is 1.87 bits per heavy atom. The van der Waals surface area contributed by atoms with E-state index in [1.807, 2.05) is 30.3 Å². The average molecular weight is 430 g/mol. The summed E-state index contributed by atoms with van der Waals surface area (Å²) in [6.07, 6.45) is 0.807. The van der Waals surface area contributed by atoms with E-state index in [0.29, 0.717) is 25.2 Å². The van der Waals surface area contributed by atoms with Crippen LogP contribution >= 0.6 is 0 Å². The summed E-state index contributed by atoms with van der Waals surface area (Å²) >= 11 is 0. The highest BCUT2D eigenvalue weighted by Gasteiger charge is 2.28. The van der Waals surface area contributed by atoms with E-state index in [1.165, 1.54) is 19.1 Å². The predicted octanol–water partition coefficient (Wildman–Crippen LogP) is 2.07. The molecule has 30 heavy (non-hydrogen) atoms. The summed E-state index contributed by atoms with van der Waals surface area (Å²) in [7, 11) is -3.75. The topological polar surface area (TPSA) is 95.6 Å². The number of hydrogen-bond donors (Lipinski definition) is 2. The summed E-state index contributed by atoms with van der Waals surface area (Å²) in [5.74, 6) is -0.0629. The van der Waals surface area contributed by atoms with E-state index in [-0.39, 0.29) is 29.2 Å². The Morgan fingerprint density at radius 1 is 1.13 bits per heavy atom. The highest BCUT2D eigenvalue weighted by molar-refractivity contribution is 7.89. The van der Waals surface area contributed by atoms with E-state index >= 15 is 0 Å². The number of amides is 2. The molecule has 1 aliphatic rings. The van der Waals surface area contributed by atoms with Gasteiger partial charge in [-0.25, -0.2) is 13.1 Å². The van der Waals surface area contributed by atoms with Crippen LogP contribution in [0.3, 0.4) is 0 Å². The van der Waals surface area contributed by atoms with Crippen LogP contribution in [0.4, 0.5) is 0 Å². The lowest BCUT2D eigenvalue weighted by molar-refractivity contribution is -0.119. The number of nitrogens with one attached hydrogen (secondary N) is 2. The maximum Gasteiger partial charge on any atom is 0.254 e. The van der Waals surface area contributed by atoms with E-state index < -0.39 is 10.0 Å². The standard InChI is InChI=1S/C22H27N3O4S/c1-16-8-9-20(30(28,29)24-14-18-6-4-3-5-7-18)12-21(16)22(27)25-11-10-19(15-25)13-23-17(2)26/h3-9,12,19,24H,10-11,13-15H2,1-2H3,(H,23,26).